The van der Waals surface area contributed by atoms with Crippen molar-refractivity contribution in [2.24, 2.45) is 0 Å². The van der Waals surface area contributed by atoms with E-state index in [2.05, 4.69) is 19.8 Å². The molecule has 2 aromatic heterocycles. The molecule has 32 heavy (non-hydrogen) atoms. The summed E-state index contributed by atoms with van der Waals surface area (Å²) in [5.41, 5.74) is 3.58. The van der Waals surface area contributed by atoms with Crippen LogP contribution in [0.5, 0.6) is 0 Å². The molecule has 4 aromatic rings. The van der Waals surface area contributed by atoms with Gasteiger partial charge in [-0.15, -0.1) is 11.3 Å². The number of para-hydroxylation sites is 1. The number of nitrogens with one attached hydrogen (secondary N) is 1. The van der Waals surface area contributed by atoms with Gasteiger partial charge in [-0.25, -0.2) is 22.5 Å². The number of thiazole rings is 1. The Labute approximate surface area is 189 Å². The molecule has 0 spiro atoms. The molecule has 3 heterocycles. The third kappa shape index (κ3) is 4.27. The lowest BCUT2D eigenvalue weighted by molar-refractivity contribution is 0.208. The standard InChI is InChI=1S/C22H23FN4O3S2/c23-16-5-6-17-18(13-16)30-26-21(17)15-7-11-27(12-8-15)10-2-9-25-32(28,29)20-4-1-3-19-22(20)24-14-31-19/h1,3-6,13-15,25H,2,7-12H2. The van der Waals surface area contributed by atoms with E-state index in [1.165, 1.54) is 23.5 Å². The second-order valence-electron chi connectivity index (χ2n) is 8.03. The lowest BCUT2D eigenvalue weighted by Crippen LogP contribution is -2.35. The van der Waals surface area contributed by atoms with Crippen LogP contribution < -0.4 is 4.72 Å². The Kier molecular flexibility index (Phi) is 5.93. The fraction of sp³-hybridized carbons (Fsp3) is 0.364. The number of hydrogen-bond acceptors (Lipinski definition) is 7. The van der Waals surface area contributed by atoms with Crippen molar-refractivity contribution in [2.45, 2.75) is 30.1 Å². The van der Waals surface area contributed by atoms with Gasteiger partial charge in [-0.1, -0.05) is 11.2 Å². The zero-order chi connectivity index (χ0) is 22.1. The minimum Gasteiger partial charge on any atom is -0.356 e. The first-order valence-electron chi connectivity index (χ1n) is 10.6. The topological polar surface area (TPSA) is 88.3 Å². The molecule has 1 aliphatic heterocycles. The highest BCUT2D eigenvalue weighted by Gasteiger charge is 2.25. The minimum atomic E-state index is -3.59. The second-order valence-corrected chi connectivity index (χ2v) is 10.7. The fourth-order valence-electron chi connectivity index (χ4n) is 4.32. The predicted octanol–water partition coefficient (Wildman–Crippen LogP) is 4.12. The molecule has 5 rings (SSSR count). The molecule has 1 saturated heterocycles. The second kappa shape index (κ2) is 8.86. The maximum absolute atomic E-state index is 13.4. The van der Waals surface area contributed by atoms with Gasteiger partial charge in [0.15, 0.2) is 5.58 Å². The number of halogens is 1. The third-order valence-corrected chi connectivity index (χ3v) is 8.28. The Morgan fingerprint density at radius 1 is 1.22 bits per heavy atom. The molecule has 7 nitrogen and oxygen atoms in total. The number of sulfonamides is 1. The summed E-state index contributed by atoms with van der Waals surface area (Å²) >= 11 is 1.43. The monoisotopic (exact) mass is 474 g/mol. The van der Waals surface area contributed by atoms with Crippen LogP contribution in [0.1, 0.15) is 30.9 Å². The molecular formula is C22H23FN4O3S2. The van der Waals surface area contributed by atoms with Crippen molar-refractivity contribution in [2.75, 3.05) is 26.2 Å². The van der Waals surface area contributed by atoms with Crippen molar-refractivity contribution in [3.8, 4) is 0 Å². The van der Waals surface area contributed by atoms with Gasteiger partial charge < -0.3 is 9.42 Å². The molecule has 2 aromatic carbocycles. The number of likely N-dealkylation sites (tertiary alicyclic amines) is 1. The molecule has 0 unspecified atom stereocenters. The molecule has 1 N–H and O–H groups in total. The summed E-state index contributed by atoms with van der Waals surface area (Å²) in [6.07, 6.45) is 2.61. The van der Waals surface area contributed by atoms with Gasteiger partial charge in [0.1, 0.15) is 16.2 Å². The van der Waals surface area contributed by atoms with E-state index in [1.54, 1.807) is 23.7 Å². The van der Waals surface area contributed by atoms with E-state index in [-0.39, 0.29) is 16.6 Å². The summed E-state index contributed by atoms with van der Waals surface area (Å²) in [5, 5.41) is 5.08. The van der Waals surface area contributed by atoms with Crippen LogP contribution in [0.25, 0.3) is 21.2 Å². The van der Waals surface area contributed by atoms with Crippen molar-refractivity contribution in [1.29, 1.82) is 0 Å². The Balaban J connectivity index is 1.12. The van der Waals surface area contributed by atoms with Crippen LogP contribution in [0, 0.1) is 5.82 Å². The van der Waals surface area contributed by atoms with E-state index < -0.39 is 10.0 Å². The van der Waals surface area contributed by atoms with Crippen LogP contribution >= 0.6 is 11.3 Å². The maximum atomic E-state index is 13.4. The summed E-state index contributed by atoms with van der Waals surface area (Å²) in [5.74, 6) is -0.0380. The van der Waals surface area contributed by atoms with Gasteiger partial charge in [-0.05, 0) is 63.2 Å². The van der Waals surface area contributed by atoms with Crippen molar-refractivity contribution < 1.29 is 17.3 Å². The first-order chi connectivity index (χ1) is 15.5. The van der Waals surface area contributed by atoms with Crippen LogP contribution in [0.2, 0.25) is 0 Å². The van der Waals surface area contributed by atoms with Crippen molar-refractivity contribution in [3.05, 3.63) is 53.4 Å². The summed E-state index contributed by atoms with van der Waals surface area (Å²) < 4.78 is 47.6. The third-order valence-electron chi connectivity index (χ3n) is 5.99. The largest absolute Gasteiger partial charge is 0.356 e. The van der Waals surface area contributed by atoms with E-state index in [0.717, 1.165) is 54.7 Å². The molecule has 1 fully saturated rings. The van der Waals surface area contributed by atoms with Gasteiger partial charge in [-0.3, -0.25) is 0 Å². The van der Waals surface area contributed by atoms with Gasteiger partial charge in [0.2, 0.25) is 10.0 Å². The van der Waals surface area contributed by atoms with E-state index in [1.807, 2.05) is 6.07 Å². The summed E-state index contributed by atoms with van der Waals surface area (Å²) in [4.78, 5) is 6.77. The summed E-state index contributed by atoms with van der Waals surface area (Å²) in [6.45, 7) is 3.01. The molecule has 168 valence electrons. The summed E-state index contributed by atoms with van der Waals surface area (Å²) in [6, 6.07) is 9.76. The molecule has 0 atom stereocenters. The van der Waals surface area contributed by atoms with E-state index in [0.29, 0.717) is 17.6 Å². The first kappa shape index (κ1) is 21.4. The number of piperidine rings is 1. The smallest absolute Gasteiger partial charge is 0.242 e. The zero-order valence-corrected chi connectivity index (χ0v) is 19.0. The number of aromatic nitrogens is 2. The van der Waals surface area contributed by atoms with Crippen molar-refractivity contribution >= 4 is 42.5 Å². The number of hydrogen-bond donors (Lipinski definition) is 1. The quantitative estimate of drug-likeness (QED) is 0.405. The zero-order valence-electron chi connectivity index (χ0n) is 17.3. The van der Waals surface area contributed by atoms with E-state index in [9.17, 15) is 12.8 Å². The molecule has 1 aliphatic rings. The first-order valence-corrected chi connectivity index (χ1v) is 13.0. The van der Waals surface area contributed by atoms with Gasteiger partial charge in [0.05, 0.1) is 15.9 Å². The fourth-order valence-corrected chi connectivity index (χ4v) is 6.33. The molecule has 0 saturated carbocycles. The van der Waals surface area contributed by atoms with Crippen LogP contribution in [-0.4, -0.2) is 49.6 Å². The van der Waals surface area contributed by atoms with Gasteiger partial charge in [0, 0.05) is 23.9 Å². The Bertz CT molecular complexity index is 1340. The number of rotatable bonds is 7. The molecular weight excluding hydrogens is 451 g/mol. The average Bonchev–Trinajstić information content (AvgIpc) is 3.43. The van der Waals surface area contributed by atoms with Gasteiger partial charge in [0.25, 0.3) is 0 Å². The summed E-state index contributed by atoms with van der Waals surface area (Å²) in [7, 11) is -3.59. The van der Waals surface area contributed by atoms with Gasteiger partial charge in [-0.2, -0.15) is 0 Å². The lowest BCUT2D eigenvalue weighted by atomic mass is 9.91. The molecule has 0 aliphatic carbocycles. The molecule has 0 amide bonds. The number of nitrogens with zero attached hydrogens (tertiary/aromatic N) is 3. The van der Waals surface area contributed by atoms with E-state index in [4.69, 9.17) is 4.52 Å². The Hall–Kier alpha value is -2.40. The highest BCUT2D eigenvalue weighted by atomic mass is 32.2. The van der Waals surface area contributed by atoms with Gasteiger partial charge >= 0.3 is 0 Å². The predicted molar refractivity (Wildman–Crippen MR) is 122 cm³/mol. The molecule has 10 heteroatoms. The average molecular weight is 475 g/mol. The normalized spacial score (nSPS) is 16.3. The van der Waals surface area contributed by atoms with Crippen LogP contribution in [0.15, 0.2) is 51.3 Å². The van der Waals surface area contributed by atoms with Crippen LogP contribution in [0.3, 0.4) is 0 Å². The molecule has 0 bridgehead atoms. The SMILES string of the molecule is O=S(=O)(NCCCN1CCC(c2noc3cc(F)ccc23)CC1)c1cccc2scnc12. The van der Waals surface area contributed by atoms with Crippen LogP contribution in [-0.2, 0) is 10.0 Å². The van der Waals surface area contributed by atoms with E-state index >= 15 is 0 Å². The highest BCUT2D eigenvalue weighted by Crippen LogP contribution is 2.32. The Morgan fingerprint density at radius 3 is 2.91 bits per heavy atom. The highest BCUT2D eigenvalue weighted by molar-refractivity contribution is 7.89. The Morgan fingerprint density at radius 2 is 2.06 bits per heavy atom. The van der Waals surface area contributed by atoms with Crippen LogP contribution in [0.4, 0.5) is 4.39 Å². The maximum Gasteiger partial charge on any atom is 0.242 e. The minimum absolute atomic E-state index is 0.233. The van der Waals surface area contributed by atoms with Crippen molar-refractivity contribution in [1.82, 2.24) is 19.8 Å². The number of fused-ring (bicyclic) bond motifs is 2. The molecule has 0 radical (unpaired) electrons. The number of benzene rings is 2. The van der Waals surface area contributed by atoms with Crippen molar-refractivity contribution in [3.63, 3.8) is 0 Å². The lowest BCUT2D eigenvalue weighted by Gasteiger charge is -2.31.